The predicted octanol–water partition coefficient (Wildman–Crippen LogP) is 1.76. The predicted molar refractivity (Wildman–Crippen MR) is 67.3 cm³/mol. The van der Waals surface area contributed by atoms with Crippen molar-refractivity contribution in [3.8, 4) is 0 Å². The molecular formula is C14H24N2O. The summed E-state index contributed by atoms with van der Waals surface area (Å²) in [5, 5.41) is 0. The van der Waals surface area contributed by atoms with Gasteiger partial charge in [-0.05, 0) is 50.4 Å². The molecule has 3 fully saturated rings. The fourth-order valence-corrected chi connectivity index (χ4v) is 4.11. The highest BCUT2D eigenvalue weighted by atomic mass is 16.2. The van der Waals surface area contributed by atoms with Crippen LogP contribution in [0.5, 0.6) is 0 Å². The molecule has 2 saturated carbocycles. The second-order valence-corrected chi connectivity index (χ2v) is 6.48. The quantitative estimate of drug-likeness (QED) is 0.754. The molecule has 0 spiro atoms. The summed E-state index contributed by atoms with van der Waals surface area (Å²) in [6, 6.07) is 0.817. The summed E-state index contributed by atoms with van der Waals surface area (Å²) in [5.74, 6) is 1.95. The third kappa shape index (κ3) is 1.99. The molecule has 3 aliphatic rings. The van der Waals surface area contributed by atoms with Gasteiger partial charge in [-0.25, -0.2) is 0 Å². The Morgan fingerprint density at radius 3 is 2.65 bits per heavy atom. The van der Waals surface area contributed by atoms with E-state index in [1.807, 2.05) is 0 Å². The topological polar surface area (TPSA) is 46.3 Å². The van der Waals surface area contributed by atoms with Gasteiger partial charge in [-0.1, -0.05) is 6.92 Å². The van der Waals surface area contributed by atoms with E-state index in [-0.39, 0.29) is 12.0 Å². The highest BCUT2D eigenvalue weighted by molar-refractivity contribution is 5.80. The maximum Gasteiger partial charge on any atom is 0.226 e. The molecule has 5 unspecified atom stereocenters. The highest BCUT2D eigenvalue weighted by Gasteiger charge is 2.43. The van der Waals surface area contributed by atoms with Gasteiger partial charge < -0.3 is 10.6 Å². The summed E-state index contributed by atoms with van der Waals surface area (Å²) in [4.78, 5) is 14.8. The van der Waals surface area contributed by atoms with Crippen molar-refractivity contribution in [1.29, 1.82) is 0 Å². The monoisotopic (exact) mass is 236 g/mol. The molecule has 2 N–H and O–H groups in total. The van der Waals surface area contributed by atoms with Crippen LogP contribution in [0.15, 0.2) is 0 Å². The van der Waals surface area contributed by atoms with Crippen LogP contribution in [0, 0.1) is 17.8 Å². The van der Waals surface area contributed by atoms with Crippen LogP contribution in [0.4, 0.5) is 0 Å². The van der Waals surface area contributed by atoms with Gasteiger partial charge in [0.15, 0.2) is 0 Å². The van der Waals surface area contributed by atoms with Gasteiger partial charge in [-0.3, -0.25) is 4.79 Å². The van der Waals surface area contributed by atoms with Crippen molar-refractivity contribution in [1.82, 2.24) is 4.90 Å². The molecule has 0 aromatic rings. The normalized spacial score (nSPS) is 45.3. The largest absolute Gasteiger partial charge is 0.339 e. The van der Waals surface area contributed by atoms with Crippen LogP contribution < -0.4 is 5.73 Å². The third-order valence-corrected chi connectivity index (χ3v) is 5.25. The van der Waals surface area contributed by atoms with E-state index in [1.54, 1.807) is 0 Å². The van der Waals surface area contributed by atoms with Crippen molar-refractivity contribution < 1.29 is 4.79 Å². The highest BCUT2D eigenvalue weighted by Crippen LogP contribution is 2.40. The second kappa shape index (κ2) is 4.27. The summed E-state index contributed by atoms with van der Waals surface area (Å²) < 4.78 is 0. The number of rotatable bonds is 1. The van der Waals surface area contributed by atoms with E-state index in [9.17, 15) is 4.79 Å². The molecule has 1 amide bonds. The van der Waals surface area contributed by atoms with Gasteiger partial charge in [0, 0.05) is 24.5 Å². The van der Waals surface area contributed by atoms with Gasteiger partial charge in [0.25, 0.3) is 0 Å². The number of piperidine rings is 1. The van der Waals surface area contributed by atoms with Crippen molar-refractivity contribution in [2.75, 3.05) is 6.54 Å². The molecular weight excluding hydrogens is 212 g/mol. The fraction of sp³-hybridized carbons (Fsp3) is 0.929. The Labute approximate surface area is 104 Å². The lowest BCUT2D eigenvalue weighted by molar-refractivity contribution is -0.140. The van der Waals surface area contributed by atoms with E-state index in [4.69, 9.17) is 5.73 Å². The van der Waals surface area contributed by atoms with Gasteiger partial charge in [-0.15, -0.1) is 0 Å². The zero-order valence-electron chi connectivity index (χ0n) is 10.8. The number of nitrogens with two attached hydrogens (primary N) is 1. The Morgan fingerprint density at radius 1 is 1.18 bits per heavy atom. The molecule has 5 atom stereocenters. The number of amides is 1. The molecule has 17 heavy (non-hydrogen) atoms. The van der Waals surface area contributed by atoms with Crippen molar-refractivity contribution in [2.24, 2.45) is 23.5 Å². The van der Waals surface area contributed by atoms with Crippen molar-refractivity contribution in [3.05, 3.63) is 0 Å². The third-order valence-electron chi connectivity index (χ3n) is 5.25. The lowest BCUT2D eigenvalue weighted by atomic mass is 9.77. The second-order valence-electron chi connectivity index (χ2n) is 6.48. The fourth-order valence-electron chi connectivity index (χ4n) is 4.11. The Hall–Kier alpha value is -0.570. The van der Waals surface area contributed by atoms with Crippen molar-refractivity contribution in [2.45, 2.75) is 57.5 Å². The first-order valence-corrected chi connectivity index (χ1v) is 7.21. The molecule has 2 aliphatic carbocycles. The van der Waals surface area contributed by atoms with Crippen LogP contribution in [-0.4, -0.2) is 29.4 Å². The molecule has 3 heteroatoms. The number of hydrogen-bond acceptors (Lipinski definition) is 2. The molecule has 2 bridgehead atoms. The SMILES string of the molecule is CC1CCC(N)CC1C(=O)N1CC2CCC1C2. The Balaban J connectivity index is 1.69. The average molecular weight is 236 g/mol. The van der Waals surface area contributed by atoms with Gasteiger partial charge in [-0.2, -0.15) is 0 Å². The smallest absolute Gasteiger partial charge is 0.226 e. The number of nitrogens with zero attached hydrogens (tertiary/aromatic N) is 1. The minimum atomic E-state index is 0.207. The molecule has 1 saturated heterocycles. The number of likely N-dealkylation sites (tertiary alicyclic amines) is 1. The van der Waals surface area contributed by atoms with Crippen LogP contribution in [0.25, 0.3) is 0 Å². The van der Waals surface area contributed by atoms with Gasteiger partial charge in [0.2, 0.25) is 5.91 Å². The first-order valence-electron chi connectivity index (χ1n) is 7.21. The van der Waals surface area contributed by atoms with Crippen LogP contribution in [0.3, 0.4) is 0 Å². The van der Waals surface area contributed by atoms with E-state index in [0.717, 1.165) is 31.7 Å². The maximum atomic E-state index is 12.6. The van der Waals surface area contributed by atoms with E-state index < -0.39 is 0 Å². The summed E-state index contributed by atoms with van der Waals surface area (Å²) in [6.45, 7) is 3.25. The Morgan fingerprint density at radius 2 is 2.00 bits per heavy atom. The maximum absolute atomic E-state index is 12.6. The van der Waals surface area contributed by atoms with Gasteiger partial charge in [0.05, 0.1) is 0 Å². The first-order chi connectivity index (χ1) is 8.15. The lowest BCUT2D eigenvalue weighted by Crippen LogP contribution is -2.46. The molecule has 0 aromatic heterocycles. The van der Waals surface area contributed by atoms with Crippen molar-refractivity contribution >= 4 is 5.91 Å². The Kier molecular flexibility index (Phi) is 2.89. The summed E-state index contributed by atoms with van der Waals surface area (Å²) in [6.07, 6.45) is 6.97. The Bertz CT molecular complexity index is 317. The lowest BCUT2D eigenvalue weighted by Gasteiger charge is -2.37. The first kappa shape index (κ1) is 11.5. The molecule has 0 aromatic carbocycles. The average Bonchev–Trinajstić information content (AvgIpc) is 2.93. The van der Waals surface area contributed by atoms with E-state index in [1.165, 1.54) is 19.3 Å². The zero-order chi connectivity index (χ0) is 12.0. The minimum absolute atomic E-state index is 0.207. The van der Waals surface area contributed by atoms with E-state index >= 15 is 0 Å². The number of fused-ring (bicyclic) bond motifs is 2. The number of hydrogen-bond donors (Lipinski definition) is 1. The molecule has 3 rings (SSSR count). The van der Waals surface area contributed by atoms with Crippen molar-refractivity contribution in [3.63, 3.8) is 0 Å². The van der Waals surface area contributed by atoms with E-state index in [0.29, 0.717) is 17.9 Å². The minimum Gasteiger partial charge on any atom is -0.339 e. The van der Waals surface area contributed by atoms with Crippen LogP contribution in [0.1, 0.15) is 45.4 Å². The van der Waals surface area contributed by atoms with E-state index in [2.05, 4.69) is 11.8 Å². The number of carbonyl (C=O) groups is 1. The summed E-state index contributed by atoms with van der Waals surface area (Å²) in [7, 11) is 0. The summed E-state index contributed by atoms with van der Waals surface area (Å²) in [5.41, 5.74) is 6.03. The zero-order valence-corrected chi connectivity index (χ0v) is 10.8. The summed E-state index contributed by atoms with van der Waals surface area (Å²) >= 11 is 0. The van der Waals surface area contributed by atoms with Crippen LogP contribution in [-0.2, 0) is 4.79 Å². The van der Waals surface area contributed by atoms with Gasteiger partial charge >= 0.3 is 0 Å². The molecule has 1 aliphatic heterocycles. The standard InChI is InChI=1S/C14H24N2O/c1-9-2-4-11(15)7-13(9)14(17)16-8-10-3-5-12(16)6-10/h9-13H,2-8,15H2,1H3. The molecule has 1 heterocycles. The van der Waals surface area contributed by atoms with Gasteiger partial charge in [0.1, 0.15) is 0 Å². The van der Waals surface area contributed by atoms with Crippen LogP contribution >= 0.6 is 0 Å². The number of carbonyl (C=O) groups excluding carboxylic acids is 1. The van der Waals surface area contributed by atoms with Crippen LogP contribution in [0.2, 0.25) is 0 Å². The molecule has 96 valence electrons. The molecule has 3 nitrogen and oxygen atoms in total. The molecule has 0 radical (unpaired) electrons.